The molecule has 19 heavy (non-hydrogen) atoms. The van der Waals surface area contributed by atoms with E-state index in [2.05, 4.69) is 5.32 Å². The molecule has 3 nitrogen and oxygen atoms in total. The Bertz CT molecular complexity index is 384. The third-order valence-electron chi connectivity index (χ3n) is 2.81. The van der Waals surface area contributed by atoms with Crippen molar-refractivity contribution in [1.29, 1.82) is 0 Å². The summed E-state index contributed by atoms with van der Waals surface area (Å²) in [6.07, 6.45) is 0.164. The molecule has 0 fully saturated rings. The third-order valence-corrected chi connectivity index (χ3v) is 3.18. The van der Waals surface area contributed by atoms with Gasteiger partial charge in [0, 0.05) is 18.2 Å². The Hall–Kier alpha value is -0.680. The van der Waals surface area contributed by atoms with E-state index in [-0.39, 0.29) is 18.1 Å². The second-order valence-electron chi connectivity index (χ2n) is 4.11. The smallest absolute Gasteiger partial charge is 0.172 e. The van der Waals surface area contributed by atoms with Crippen LogP contribution in [0.4, 0.5) is 4.39 Å². The molecule has 1 aromatic rings. The number of benzene rings is 1. The lowest BCUT2D eigenvalue weighted by atomic mass is 10.1. The summed E-state index contributed by atoms with van der Waals surface area (Å²) in [5.41, 5.74) is 0.741. The molecule has 0 bridgehead atoms. The van der Waals surface area contributed by atoms with Crippen molar-refractivity contribution in [1.82, 2.24) is 5.32 Å². The molecule has 0 aliphatic carbocycles. The molecule has 0 heterocycles. The van der Waals surface area contributed by atoms with Crippen LogP contribution in [0.15, 0.2) is 18.2 Å². The van der Waals surface area contributed by atoms with Crippen LogP contribution < -0.4 is 5.32 Å². The van der Waals surface area contributed by atoms with E-state index >= 15 is 0 Å². The summed E-state index contributed by atoms with van der Waals surface area (Å²) >= 11 is 6.08. The molecule has 1 atom stereocenters. The van der Waals surface area contributed by atoms with Gasteiger partial charge in [0.15, 0.2) is 6.29 Å². The molecule has 0 aliphatic heterocycles. The Morgan fingerprint density at radius 2 is 1.89 bits per heavy atom. The van der Waals surface area contributed by atoms with Crippen LogP contribution in [-0.2, 0) is 15.9 Å². The average molecular weight is 290 g/mol. The first-order chi connectivity index (χ1) is 9.12. The summed E-state index contributed by atoms with van der Waals surface area (Å²) in [6, 6.07) is 4.28. The highest BCUT2D eigenvalue weighted by Crippen LogP contribution is 2.20. The van der Waals surface area contributed by atoms with Gasteiger partial charge in [-0.3, -0.25) is 0 Å². The van der Waals surface area contributed by atoms with Gasteiger partial charge < -0.3 is 14.8 Å². The van der Waals surface area contributed by atoms with Gasteiger partial charge in [0.2, 0.25) is 0 Å². The second kappa shape index (κ2) is 8.48. The fourth-order valence-corrected chi connectivity index (χ4v) is 2.07. The second-order valence-corrected chi connectivity index (χ2v) is 4.52. The van der Waals surface area contributed by atoms with Gasteiger partial charge in [0.05, 0.1) is 6.04 Å². The fourth-order valence-electron chi connectivity index (χ4n) is 1.88. The molecular formula is C14H21ClFNO2. The van der Waals surface area contributed by atoms with Crippen molar-refractivity contribution in [2.24, 2.45) is 0 Å². The maximum atomic E-state index is 13.3. The van der Waals surface area contributed by atoms with Crippen molar-refractivity contribution >= 4 is 11.6 Å². The highest BCUT2D eigenvalue weighted by Gasteiger charge is 2.22. The van der Waals surface area contributed by atoms with Gasteiger partial charge in [0.1, 0.15) is 5.82 Å². The van der Waals surface area contributed by atoms with Gasteiger partial charge in [-0.25, -0.2) is 4.39 Å². The molecule has 1 aromatic carbocycles. The van der Waals surface area contributed by atoms with Crippen molar-refractivity contribution in [2.75, 3.05) is 20.3 Å². The Kier molecular flexibility index (Phi) is 7.31. The molecule has 0 radical (unpaired) electrons. The Labute approximate surface area is 119 Å². The van der Waals surface area contributed by atoms with Gasteiger partial charge in [0.25, 0.3) is 0 Å². The normalized spacial score (nSPS) is 12.9. The minimum Gasteiger partial charge on any atom is -0.351 e. The zero-order valence-corrected chi connectivity index (χ0v) is 12.3. The number of ether oxygens (including phenoxy) is 2. The van der Waals surface area contributed by atoms with E-state index in [9.17, 15) is 4.39 Å². The lowest BCUT2D eigenvalue weighted by Gasteiger charge is -2.26. The van der Waals surface area contributed by atoms with Crippen molar-refractivity contribution in [3.05, 3.63) is 34.6 Å². The topological polar surface area (TPSA) is 30.5 Å². The highest BCUT2D eigenvalue weighted by molar-refractivity contribution is 6.31. The standard InChI is InChI=1S/C14H21ClFNO2/c1-4-18-14(19-5-2)13(17-3)9-10-8-11(16)6-7-12(10)15/h6-8,13-14,17H,4-5,9H2,1-3H3. The summed E-state index contributed by atoms with van der Waals surface area (Å²) < 4.78 is 24.4. The van der Waals surface area contributed by atoms with Gasteiger partial charge in [-0.2, -0.15) is 0 Å². The third kappa shape index (κ3) is 5.07. The molecule has 0 amide bonds. The summed E-state index contributed by atoms with van der Waals surface area (Å²) in [6.45, 7) is 4.93. The molecule has 0 saturated carbocycles. The molecule has 0 aromatic heterocycles. The molecule has 1 unspecified atom stereocenters. The number of nitrogens with one attached hydrogen (secondary N) is 1. The Balaban J connectivity index is 2.81. The van der Waals surface area contributed by atoms with E-state index in [4.69, 9.17) is 21.1 Å². The van der Waals surface area contributed by atoms with E-state index < -0.39 is 0 Å². The van der Waals surface area contributed by atoms with E-state index in [0.717, 1.165) is 5.56 Å². The van der Waals surface area contributed by atoms with Crippen LogP contribution in [0.1, 0.15) is 19.4 Å². The van der Waals surface area contributed by atoms with Gasteiger partial charge in [-0.1, -0.05) is 11.6 Å². The molecule has 1 N–H and O–H groups in total. The van der Waals surface area contributed by atoms with Crippen molar-refractivity contribution < 1.29 is 13.9 Å². The lowest BCUT2D eigenvalue weighted by molar-refractivity contribution is -0.152. The SMILES string of the molecule is CCOC(OCC)C(Cc1cc(F)ccc1Cl)NC. The zero-order valence-electron chi connectivity index (χ0n) is 11.6. The number of halogens is 2. The zero-order chi connectivity index (χ0) is 14.3. The molecular weight excluding hydrogens is 269 g/mol. The first-order valence-electron chi connectivity index (χ1n) is 6.46. The summed E-state index contributed by atoms with van der Waals surface area (Å²) in [5.74, 6) is -0.293. The quantitative estimate of drug-likeness (QED) is 0.746. The van der Waals surface area contributed by atoms with Gasteiger partial charge in [-0.15, -0.1) is 0 Å². The predicted molar refractivity (Wildman–Crippen MR) is 75.0 cm³/mol. The van der Waals surface area contributed by atoms with Crippen LogP contribution in [0.5, 0.6) is 0 Å². The lowest BCUT2D eigenvalue weighted by Crippen LogP contribution is -2.43. The van der Waals surface area contributed by atoms with Crippen LogP contribution in [0.3, 0.4) is 0 Å². The average Bonchev–Trinajstić information content (AvgIpc) is 2.39. The van der Waals surface area contributed by atoms with E-state index in [0.29, 0.717) is 24.7 Å². The predicted octanol–water partition coefficient (Wildman–Crippen LogP) is 3.01. The first-order valence-corrected chi connectivity index (χ1v) is 6.84. The summed E-state index contributed by atoms with van der Waals surface area (Å²) in [4.78, 5) is 0. The van der Waals surface area contributed by atoms with E-state index in [1.165, 1.54) is 12.1 Å². The first kappa shape index (κ1) is 16.4. The Morgan fingerprint density at radius 1 is 1.26 bits per heavy atom. The number of hydrogen-bond acceptors (Lipinski definition) is 3. The van der Waals surface area contributed by atoms with Crippen LogP contribution in [0.25, 0.3) is 0 Å². The molecule has 0 spiro atoms. The minimum absolute atomic E-state index is 0.0841. The number of rotatable bonds is 8. The minimum atomic E-state index is -0.376. The molecule has 0 aliphatic rings. The highest BCUT2D eigenvalue weighted by atomic mass is 35.5. The molecule has 1 rings (SSSR count). The van der Waals surface area contributed by atoms with E-state index in [1.807, 2.05) is 20.9 Å². The molecule has 5 heteroatoms. The number of likely N-dealkylation sites (N-methyl/N-ethyl adjacent to an activating group) is 1. The molecule has 108 valence electrons. The van der Waals surface area contributed by atoms with Crippen LogP contribution in [0.2, 0.25) is 5.02 Å². The summed E-state index contributed by atoms with van der Waals surface area (Å²) in [5, 5.41) is 3.69. The van der Waals surface area contributed by atoms with Gasteiger partial charge >= 0.3 is 0 Å². The van der Waals surface area contributed by atoms with Crippen molar-refractivity contribution in [3.63, 3.8) is 0 Å². The van der Waals surface area contributed by atoms with Crippen molar-refractivity contribution in [3.8, 4) is 0 Å². The van der Waals surface area contributed by atoms with Gasteiger partial charge in [-0.05, 0) is 51.1 Å². The van der Waals surface area contributed by atoms with Crippen LogP contribution in [-0.4, -0.2) is 32.6 Å². The van der Waals surface area contributed by atoms with E-state index in [1.54, 1.807) is 6.07 Å². The molecule has 0 saturated heterocycles. The summed E-state index contributed by atoms with van der Waals surface area (Å²) in [7, 11) is 1.82. The fraction of sp³-hybridized carbons (Fsp3) is 0.571. The van der Waals surface area contributed by atoms with Crippen molar-refractivity contribution in [2.45, 2.75) is 32.6 Å². The number of hydrogen-bond donors (Lipinski definition) is 1. The largest absolute Gasteiger partial charge is 0.351 e. The monoisotopic (exact) mass is 289 g/mol. The van der Waals surface area contributed by atoms with Crippen LogP contribution >= 0.6 is 11.6 Å². The maximum absolute atomic E-state index is 13.3. The van der Waals surface area contributed by atoms with Crippen LogP contribution in [0, 0.1) is 5.82 Å². The maximum Gasteiger partial charge on any atom is 0.172 e. The Morgan fingerprint density at radius 3 is 2.42 bits per heavy atom.